The van der Waals surface area contributed by atoms with Crippen LogP contribution in [0.15, 0.2) is 30.5 Å². The van der Waals surface area contributed by atoms with Crippen molar-refractivity contribution in [2.45, 2.75) is 52.3 Å². The molecule has 1 aliphatic heterocycles. The van der Waals surface area contributed by atoms with Gasteiger partial charge in [-0.1, -0.05) is 31.2 Å². The Labute approximate surface area is 166 Å². The number of amides is 1. The second-order valence-corrected chi connectivity index (χ2v) is 7.86. The Bertz CT molecular complexity index is 757. The monoisotopic (exact) mass is 386 g/mol. The van der Waals surface area contributed by atoms with Crippen molar-refractivity contribution < 1.29 is 14.3 Å². The topological polar surface area (TPSA) is 78.3 Å². The van der Waals surface area contributed by atoms with Gasteiger partial charge in [-0.15, -0.1) is 5.10 Å². The third kappa shape index (κ3) is 5.79. The van der Waals surface area contributed by atoms with Crippen LogP contribution in [-0.4, -0.2) is 40.7 Å². The van der Waals surface area contributed by atoms with E-state index in [1.807, 2.05) is 30.5 Å². The Morgan fingerprint density at radius 2 is 2.11 bits per heavy atom. The summed E-state index contributed by atoms with van der Waals surface area (Å²) in [5, 5.41) is 11.5. The fourth-order valence-corrected chi connectivity index (χ4v) is 3.54. The summed E-state index contributed by atoms with van der Waals surface area (Å²) in [5.41, 5.74) is 1.94. The van der Waals surface area contributed by atoms with Crippen LogP contribution in [0.5, 0.6) is 5.75 Å². The van der Waals surface area contributed by atoms with Gasteiger partial charge in [-0.2, -0.15) is 0 Å². The predicted molar refractivity (Wildman–Crippen MR) is 106 cm³/mol. The molecule has 0 unspecified atom stereocenters. The van der Waals surface area contributed by atoms with Gasteiger partial charge in [-0.3, -0.25) is 9.48 Å². The third-order valence-electron chi connectivity index (χ3n) is 4.98. The van der Waals surface area contributed by atoms with E-state index in [1.54, 1.807) is 11.8 Å². The van der Waals surface area contributed by atoms with E-state index in [1.165, 1.54) is 0 Å². The molecular formula is C21H30N4O3. The second kappa shape index (κ2) is 9.68. The maximum Gasteiger partial charge on any atom is 0.223 e. The molecule has 152 valence electrons. The van der Waals surface area contributed by atoms with Crippen LogP contribution >= 0.6 is 0 Å². The number of methoxy groups -OCH3 is 1. The van der Waals surface area contributed by atoms with E-state index >= 15 is 0 Å². The molecule has 2 aromatic rings. The van der Waals surface area contributed by atoms with Crippen LogP contribution in [0.4, 0.5) is 0 Å². The van der Waals surface area contributed by atoms with E-state index in [-0.39, 0.29) is 17.9 Å². The van der Waals surface area contributed by atoms with E-state index in [9.17, 15) is 4.79 Å². The normalized spacial score (nSPS) is 20.9. The van der Waals surface area contributed by atoms with Gasteiger partial charge in [-0.05, 0) is 42.9 Å². The van der Waals surface area contributed by atoms with E-state index in [0.717, 1.165) is 23.4 Å². The molecule has 1 aliphatic rings. The van der Waals surface area contributed by atoms with Gasteiger partial charge >= 0.3 is 0 Å². The van der Waals surface area contributed by atoms with Gasteiger partial charge in [0.25, 0.3) is 0 Å². The van der Waals surface area contributed by atoms with Crippen molar-refractivity contribution in [3.8, 4) is 5.75 Å². The minimum Gasteiger partial charge on any atom is -0.497 e. The van der Waals surface area contributed by atoms with Crippen LogP contribution in [0.2, 0.25) is 0 Å². The number of carbonyl (C=O) groups excluding carboxylic acids is 1. The lowest BCUT2D eigenvalue weighted by Gasteiger charge is -2.24. The highest BCUT2D eigenvalue weighted by atomic mass is 16.5. The Balaban J connectivity index is 1.76. The molecule has 2 atom stereocenters. The Hall–Kier alpha value is -2.41. The first-order valence-electron chi connectivity index (χ1n) is 9.93. The molecule has 7 heteroatoms. The number of nitrogens with one attached hydrogen (secondary N) is 1. The smallest absolute Gasteiger partial charge is 0.223 e. The number of ether oxygens (including phenoxy) is 2. The molecule has 0 spiro atoms. The van der Waals surface area contributed by atoms with E-state index in [0.29, 0.717) is 38.5 Å². The van der Waals surface area contributed by atoms with Crippen LogP contribution < -0.4 is 10.1 Å². The minimum absolute atomic E-state index is 0.000314. The van der Waals surface area contributed by atoms with E-state index in [4.69, 9.17) is 9.47 Å². The molecule has 7 nitrogen and oxygen atoms in total. The standard InChI is InChI=1S/C21H30N4O3/c1-15(2)10-18-13-28-14-19-12-25(24-23-19)9-8-17(21(26)22-18)11-16-4-6-20(27-3)7-5-16/h4-7,12,15,17-18H,8-11,13-14H2,1-3H3,(H,22,26)/t17-,18-/m0/s1. The molecule has 0 saturated heterocycles. The Kier molecular flexibility index (Phi) is 7.03. The van der Waals surface area contributed by atoms with Gasteiger partial charge in [0, 0.05) is 12.5 Å². The van der Waals surface area contributed by atoms with Gasteiger partial charge < -0.3 is 14.8 Å². The molecule has 0 aliphatic carbocycles. The lowest BCUT2D eigenvalue weighted by atomic mass is 9.94. The summed E-state index contributed by atoms with van der Waals surface area (Å²) in [5.74, 6) is 1.22. The van der Waals surface area contributed by atoms with Gasteiger partial charge in [-0.25, -0.2) is 0 Å². The molecule has 1 amide bonds. The number of nitrogens with zero attached hydrogens (tertiary/aromatic N) is 3. The average molecular weight is 386 g/mol. The first-order chi connectivity index (χ1) is 13.5. The third-order valence-corrected chi connectivity index (χ3v) is 4.98. The molecule has 0 fully saturated rings. The largest absolute Gasteiger partial charge is 0.497 e. The molecule has 0 radical (unpaired) electrons. The van der Waals surface area contributed by atoms with Gasteiger partial charge in [0.05, 0.1) is 32.6 Å². The zero-order valence-electron chi connectivity index (χ0n) is 16.9. The van der Waals surface area contributed by atoms with Crippen LogP contribution in [0.3, 0.4) is 0 Å². The number of rotatable bonds is 5. The molecule has 2 bridgehead atoms. The molecule has 1 aromatic carbocycles. The SMILES string of the molecule is COc1ccc(C[C@@H]2CCn3cc(nn3)COC[C@H](CC(C)C)NC2=O)cc1. The number of aromatic nitrogens is 3. The fraction of sp³-hybridized carbons (Fsp3) is 0.571. The maximum atomic E-state index is 13.1. The van der Waals surface area contributed by atoms with Crippen LogP contribution in [-0.2, 0) is 29.1 Å². The molecule has 2 heterocycles. The number of benzene rings is 1. The molecule has 0 saturated carbocycles. The summed E-state index contributed by atoms with van der Waals surface area (Å²) in [4.78, 5) is 13.1. The summed E-state index contributed by atoms with van der Waals surface area (Å²) in [7, 11) is 1.65. The van der Waals surface area contributed by atoms with Gasteiger partial charge in [0.15, 0.2) is 0 Å². The molecule has 1 N–H and O–H groups in total. The van der Waals surface area contributed by atoms with Crippen LogP contribution in [0.25, 0.3) is 0 Å². The number of hydrogen-bond donors (Lipinski definition) is 1. The van der Waals surface area contributed by atoms with Crippen molar-refractivity contribution in [2.75, 3.05) is 13.7 Å². The Morgan fingerprint density at radius 3 is 2.82 bits per heavy atom. The first-order valence-corrected chi connectivity index (χ1v) is 9.93. The van der Waals surface area contributed by atoms with Crippen molar-refractivity contribution in [2.24, 2.45) is 11.8 Å². The average Bonchev–Trinajstić information content (AvgIpc) is 3.12. The molecular weight excluding hydrogens is 356 g/mol. The van der Waals surface area contributed by atoms with Crippen molar-refractivity contribution in [1.82, 2.24) is 20.3 Å². The summed E-state index contributed by atoms with van der Waals surface area (Å²) < 4.78 is 12.8. The van der Waals surface area contributed by atoms with E-state index in [2.05, 4.69) is 29.5 Å². The highest BCUT2D eigenvalue weighted by Crippen LogP contribution is 2.19. The minimum atomic E-state index is -0.143. The molecule has 28 heavy (non-hydrogen) atoms. The predicted octanol–water partition coefficient (Wildman–Crippen LogP) is 2.60. The van der Waals surface area contributed by atoms with Crippen molar-refractivity contribution in [1.29, 1.82) is 0 Å². The second-order valence-electron chi connectivity index (χ2n) is 7.86. The number of aryl methyl sites for hydroxylation is 1. The lowest BCUT2D eigenvalue weighted by molar-refractivity contribution is -0.126. The zero-order chi connectivity index (χ0) is 19.9. The molecule has 3 rings (SSSR count). The summed E-state index contributed by atoms with van der Waals surface area (Å²) in [6, 6.07) is 7.90. The fourth-order valence-electron chi connectivity index (χ4n) is 3.54. The van der Waals surface area contributed by atoms with Crippen molar-refractivity contribution >= 4 is 5.91 Å². The Morgan fingerprint density at radius 1 is 1.32 bits per heavy atom. The number of hydrogen-bond acceptors (Lipinski definition) is 5. The van der Waals surface area contributed by atoms with Crippen molar-refractivity contribution in [3.63, 3.8) is 0 Å². The number of fused-ring (bicyclic) bond motifs is 2. The van der Waals surface area contributed by atoms with Gasteiger partial charge in [0.1, 0.15) is 11.4 Å². The summed E-state index contributed by atoms with van der Waals surface area (Å²) >= 11 is 0. The quantitative estimate of drug-likeness (QED) is 0.855. The highest BCUT2D eigenvalue weighted by molar-refractivity contribution is 5.79. The van der Waals surface area contributed by atoms with Crippen molar-refractivity contribution in [3.05, 3.63) is 41.7 Å². The van der Waals surface area contributed by atoms with Crippen LogP contribution in [0.1, 0.15) is 37.9 Å². The summed E-state index contributed by atoms with van der Waals surface area (Å²) in [6.07, 6.45) is 4.16. The lowest BCUT2D eigenvalue weighted by Crippen LogP contribution is -2.43. The summed E-state index contributed by atoms with van der Waals surface area (Å²) in [6.45, 7) is 5.85. The highest BCUT2D eigenvalue weighted by Gasteiger charge is 2.24. The van der Waals surface area contributed by atoms with Crippen LogP contribution in [0, 0.1) is 11.8 Å². The zero-order valence-corrected chi connectivity index (χ0v) is 16.9. The van der Waals surface area contributed by atoms with E-state index < -0.39 is 0 Å². The maximum absolute atomic E-state index is 13.1. The number of carbonyl (C=O) groups is 1. The molecule has 1 aromatic heterocycles. The van der Waals surface area contributed by atoms with Gasteiger partial charge in [0.2, 0.25) is 5.91 Å². The first kappa shape index (κ1) is 20.3.